The molecule has 1 aromatic rings. The van der Waals surface area contributed by atoms with Crippen LogP contribution in [0.25, 0.3) is 0 Å². The van der Waals surface area contributed by atoms with E-state index in [1.54, 1.807) is 12.1 Å². The Morgan fingerprint density at radius 1 is 1.29 bits per heavy atom. The van der Waals surface area contributed by atoms with E-state index in [1.807, 2.05) is 6.92 Å². The third-order valence-electron chi connectivity index (χ3n) is 3.40. The highest BCUT2D eigenvalue weighted by molar-refractivity contribution is 7.89. The van der Waals surface area contributed by atoms with Crippen molar-refractivity contribution < 1.29 is 8.42 Å². The van der Waals surface area contributed by atoms with Gasteiger partial charge in [-0.15, -0.1) is 0 Å². The van der Waals surface area contributed by atoms with Gasteiger partial charge in [0.05, 0.1) is 4.90 Å². The summed E-state index contributed by atoms with van der Waals surface area (Å²) in [5.41, 5.74) is 6.26. The Morgan fingerprint density at radius 3 is 2.57 bits per heavy atom. The lowest BCUT2D eigenvalue weighted by Gasteiger charge is -2.14. The molecular formula is C15H25ClN2O2S. The van der Waals surface area contributed by atoms with Crippen molar-refractivity contribution in [3.05, 3.63) is 28.8 Å². The van der Waals surface area contributed by atoms with Gasteiger partial charge in [-0.25, -0.2) is 13.1 Å². The van der Waals surface area contributed by atoms with Gasteiger partial charge >= 0.3 is 0 Å². The molecule has 1 aromatic carbocycles. The standard InChI is InChI=1S/C15H25ClN2O2S/c1-3-4-5-6-7-12(2)18-21(19,20)14-9-8-13(11-17)15(16)10-14/h8-10,12,18H,3-7,11,17H2,1-2H3. The Labute approximate surface area is 133 Å². The van der Waals surface area contributed by atoms with E-state index in [4.69, 9.17) is 17.3 Å². The number of nitrogens with two attached hydrogens (primary N) is 1. The zero-order valence-electron chi connectivity index (χ0n) is 12.7. The van der Waals surface area contributed by atoms with Crippen LogP contribution >= 0.6 is 11.6 Å². The first-order valence-electron chi connectivity index (χ1n) is 7.41. The molecule has 0 saturated heterocycles. The van der Waals surface area contributed by atoms with Gasteiger partial charge < -0.3 is 5.73 Å². The number of hydrogen-bond acceptors (Lipinski definition) is 3. The fourth-order valence-electron chi connectivity index (χ4n) is 2.13. The lowest BCUT2D eigenvalue weighted by Crippen LogP contribution is -2.32. The molecule has 0 saturated carbocycles. The van der Waals surface area contributed by atoms with Crippen molar-refractivity contribution in [2.45, 2.75) is 63.4 Å². The topological polar surface area (TPSA) is 72.2 Å². The van der Waals surface area contributed by atoms with Gasteiger partial charge in [0.15, 0.2) is 0 Å². The van der Waals surface area contributed by atoms with E-state index in [0.717, 1.165) is 24.8 Å². The van der Waals surface area contributed by atoms with E-state index < -0.39 is 10.0 Å². The molecule has 0 aliphatic rings. The quantitative estimate of drug-likeness (QED) is 0.680. The summed E-state index contributed by atoms with van der Waals surface area (Å²) in [6, 6.07) is 4.57. The first kappa shape index (κ1) is 18.4. The van der Waals surface area contributed by atoms with Gasteiger partial charge in [0, 0.05) is 17.6 Å². The maximum atomic E-state index is 12.3. The summed E-state index contributed by atoms with van der Waals surface area (Å²) in [5.74, 6) is 0. The molecule has 1 unspecified atom stereocenters. The molecule has 0 heterocycles. The van der Waals surface area contributed by atoms with Crippen LogP contribution in [-0.2, 0) is 16.6 Å². The highest BCUT2D eigenvalue weighted by atomic mass is 35.5. The van der Waals surface area contributed by atoms with Crippen molar-refractivity contribution in [2.24, 2.45) is 5.73 Å². The average Bonchev–Trinajstić information content (AvgIpc) is 2.43. The van der Waals surface area contributed by atoms with Crippen molar-refractivity contribution >= 4 is 21.6 Å². The number of benzene rings is 1. The van der Waals surface area contributed by atoms with Gasteiger partial charge in [0.25, 0.3) is 0 Å². The van der Waals surface area contributed by atoms with Crippen LogP contribution in [0.15, 0.2) is 23.1 Å². The molecule has 4 nitrogen and oxygen atoms in total. The molecule has 6 heteroatoms. The summed E-state index contributed by atoms with van der Waals surface area (Å²) >= 11 is 6.02. The summed E-state index contributed by atoms with van der Waals surface area (Å²) in [6.07, 6.45) is 5.37. The number of rotatable bonds is 9. The van der Waals surface area contributed by atoms with Crippen LogP contribution in [-0.4, -0.2) is 14.5 Å². The molecule has 0 spiro atoms. The Balaban J connectivity index is 2.66. The Hall–Kier alpha value is -0.620. The molecule has 0 bridgehead atoms. The van der Waals surface area contributed by atoms with Crippen LogP contribution in [0, 0.1) is 0 Å². The second-order valence-electron chi connectivity index (χ2n) is 5.33. The van der Waals surface area contributed by atoms with Crippen molar-refractivity contribution in [1.29, 1.82) is 0 Å². The van der Waals surface area contributed by atoms with Crippen LogP contribution in [0.5, 0.6) is 0 Å². The van der Waals surface area contributed by atoms with E-state index in [9.17, 15) is 8.42 Å². The number of nitrogens with one attached hydrogen (secondary N) is 1. The Morgan fingerprint density at radius 2 is 2.00 bits per heavy atom. The maximum Gasteiger partial charge on any atom is 0.240 e. The van der Waals surface area contributed by atoms with E-state index >= 15 is 0 Å². The minimum absolute atomic E-state index is 0.0835. The molecule has 0 amide bonds. The normalized spacial score (nSPS) is 13.3. The van der Waals surface area contributed by atoms with E-state index in [0.29, 0.717) is 11.6 Å². The molecule has 21 heavy (non-hydrogen) atoms. The molecule has 3 N–H and O–H groups in total. The minimum Gasteiger partial charge on any atom is -0.326 e. The first-order valence-corrected chi connectivity index (χ1v) is 9.27. The molecule has 0 aromatic heterocycles. The van der Waals surface area contributed by atoms with Gasteiger partial charge in [-0.05, 0) is 31.0 Å². The van der Waals surface area contributed by atoms with Crippen LogP contribution < -0.4 is 10.5 Å². The molecule has 1 rings (SSSR count). The fourth-order valence-corrected chi connectivity index (χ4v) is 3.76. The number of hydrogen-bond donors (Lipinski definition) is 2. The van der Waals surface area contributed by atoms with Crippen molar-refractivity contribution in [3.63, 3.8) is 0 Å². The number of sulfonamides is 1. The van der Waals surface area contributed by atoms with Crippen LogP contribution in [0.4, 0.5) is 0 Å². The molecular weight excluding hydrogens is 308 g/mol. The largest absolute Gasteiger partial charge is 0.326 e. The van der Waals surface area contributed by atoms with Crippen molar-refractivity contribution in [1.82, 2.24) is 4.72 Å². The molecule has 0 fully saturated rings. The van der Waals surface area contributed by atoms with Crippen molar-refractivity contribution in [3.8, 4) is 0 Å². The zero-order chi connectivity index (χ0) is 15.9. The summed E-state index contributed by atoms with van der Waals surface area (Å²) in [5, 5.41) is 0.385. The zero-order valence-corrected chi connectivity index (χ0v) is 14.3. The summed E-state index contributed by atoms with van der Waals surface area (Å²) < 4.78 is 27.3. The summed E-state index contributed by atoms with van der Waals surface area (Å²) in [7, 11) is -3.52. The van der Waals surface area contributed by atoms with Gasteiger partial charge in [-0.3, -0.25) is 0 Å². The predicted octanol–water partition coefficient (Wildman–Crippen LogP) is 3.44. The summed E-state index contributed by atoms with van der Waals surface area (Å²) in [4.78, 5) is 0.185. The maximum absolute atomic E-state index is 12.3. The molecule has 0 aliphatic heterocycles. The second-order valence-corrected chi connectivity index (χ2v) is 7.45. The van der Waals surface area contributed by atoms with Crippen molar-refractivity contribution in [2.75, 3.05) is 0 Å². The van der Waals surface area contributed by atoms with Gasteiger partial charge in [-0.1, -0.05) is 50.3 Å². The van der Waals surface area contributed by atoms with Gasteiger partial charge in [0.2, 0.25) is 10.0 Å². The highest BCUT2D eigenvalue weighted by Gasteiger charge is 2.18. The molecule has 120 valence electrons. The van der Waals surface area contributed by atoms with E-state index in [2.05, 4.69) is 11.6 Å². The minimum atomic E-state index is -3.52. The smallest absolute Gasteiger partial charge is 0.240 e. The van der Waals surface area contributed by atoms with Crippen LogP contribution in [0.2, 0.25) is 5.02 Å². The van der Waals surface area contributed by atoms with Crippen LogP contribution in [0.1, 0.15) is 51.5 Å². The third kappa shape index (κ3) is 5.94. The highest BCUT2D eigenvalue weighted by Crippen LogP contribution is 2.21. The average molecular weight is 333 g/mol. The monoisotopic (exact) mass is 332 g/mol. The lowest BCUT2D eigenvalue weighted by molar-refractivity contribution is 0.522. The first-order chi connectivity index (χ1) is 9.90. The number of halogens is 1. The molecule has 0 radical (unpaired) electrons. The predicted molar refractivity (Wildman–Crippen MR) is 87.9 cm³/mol. The molecule has 0 aliphatic carbocycles. The number of unbranched alkanes of at least 4 members (excludes halogenated alkanes) is 3. The Bertz CT molecular complexity index is 547. The van der Waals surface area contributed by atoms with E-state index in [1.165, 1.54) is 18.9 Å². The molecule has 1 atom stereocenters. The third-order valence-corrected chi connectivity index (χ3v) is 5.34. The van der Waals surface area contributed by atoms with Gasteiger partial charge in [-0.2, -0.15) is 0 Å². The van der Waals surface area contributed by atoms with Crippen LogP contribution in [0.3, 0.4) is 0 Å². The van der Waals surface area contributed by atoms with E-state index in [-0.39, 0.29) is 10.9 Å². The Kier molecular flexibility index (Phi) is 7.66. The lowest BCUT2D eigenvalue weighted by atomic mass is 10.1. The summed E-state index contributed by atoms with van der Waals surface area (Å²) in [6.45, 7) is 4.33. The van der Waals surface area contributed by atoms with Gasteiger partial charge in [0.1, 0.15) is 0 Å². The second kappa shape index (κ2) is 8.73. The SMILES string of the molecule is CCCCCCC(C)NS(=O)(=O)c1ccc(CN)c(Cl)c1. The fraction of sp³-hybridized carbons (Fsp3) is 0.600.